The van der Waals surface area contributed by atoms with E-state index in [1.165, 1.54) is 0 Å². The third-order valence-electron chi connectivity index (χ3n) is 3.55. The van der Waals surface area contributed by atoms with Gasteiger partial charge in [-0.3, -0.25) is 9.38 Å². The first-order valence-corrected chi connectivity index (χ1v) is 9.16. The molecule has 0 saturated carbocycles. The molecule has 0 amide bonds. The van der Waals surface area contributed by atoms with Crippen LogP contribution in [0, 0.1) is 0 Å². The lowest BCUT2D eigenvalue weighted by Crippen LogP contribution is -1.86. The molecule has 0 unspecified atom stereocenters. The maximum atomic E-state index is 6.06. The Hall–Kier alpha value is -1.56. The molecule has 4 aromatic rings. The minimum Gasteiger partial charge on any atom is -0.292 e. The summed E-state index contributed by atoms with van der Waals surface area (Å²) in [6, 6.07) is 14.0. The maximum Gasteiger partial charge on any atom is 0.138 e. The van der Waals surface area contributed by atoms with Gasteiger partial charge in [0, 0.05) is 28.4 Å². The van der Waals surface area contributed by atoms with Gasteiger partial charge in [0.15, 0.2) is 0 Å². The third-order valence-corrected chi connectivity index (χ3v) is 5.67. The van der Waals surface area contributed by atoms with Crippen LogP contribution in [-0.2, 0) is 5.75 Å². The molecule has 0 N–H and O–H groups in total. The van der Waals surface area contributed by atoms with Crippen LogP contribution in [0.5, 0.6) is 0 Å². The highest BCUT2D eigenvalue weighted by Crippen LogP contribution is 2.31. The Morgan fingerprint density at radius 2 is 2.00 bits per heavy atom. The SMILES string of the molecule is Clc1ccc2nc(CSc3cccc4cccnc34)c(Br)n2c1. The molecule has 0 radical (unpaired) electrons. The van der Waals surface area contributed by atoms with Crippen LogP contribution in [0.15, 0.2) is 64.4 Å². The van der Waals surface area contributed by atoms with Crippen molar-refractivity contribution < 1.29 is 0 Å². The third kappa shape index (κ3) is 2.84. The number of benzene rings is 1. The highest BCUT2D eigenvalue weighted by Gasteiger charge is 2.11. The summed E-state index contributed by atoms with van der Waals surface area (Å²) in [6.45, 7) is 0. The number of halogens is 2. The number of imidazole rings is 1. The van der Waals surface area contributed by atoms with Crippen molar-refractivity contribution >= 4 is 55.8 Å². The van der Waals surface area contributed by atoms with Crippen molar-refractivity contribution in [3.05, 3.63) is 70.2 Å². The van der Waals surface area contributed by atoms with Gasteiger partial charge >= 0.3 is 0 Å². The molecular weight excluding hydrogens is 394 g/mol. The van der Waals surface area contributed by atoms with Crippen LogP contribution >= 0.6 is 39.3 Å². The summed E-state index contributed by atoms with van der Waals surface area (Å²) in [5.74, 6) is 0.759. The zero-order valence-electron chi connectivity index (χ0n) is 11.9. The van der Waals surface area contributed by atoms with Gasteiger partial charge in [-0.05, 0) is 40.2 Å². The fourth-order valence-electron chi connectivity index (χ4n) is 2.47. The Labute approximate surface area is 150 Å². The molecule has 3 aromatic heterocycles. The number of hydrogen-bond donors (Lipinski definition) is 0. The van der Waals surface area contributed by atoms with Gasteiger partial charge < -0.3 is 0 Å². The molecule has 1 aromatic carbocycles. The number of hydrogen-bond acceptors (Lipinski definition) is 3. The second-order valence-corrected chi connectivity index (χ2v) is 7.25. The first-order valence-electron chi connectivity index (χ1n) is 7.01. The molecule has 0 aliphatic heterocycles. The largest absolute Gasteiger partial charge is 0.292 e. The molecule has 3 nitrogen and oxygen atoms in total. The van der Waals surface area contributed by atoms with E-state index in [1.54, 1.807) is 11.8 Å². The van der Waals surface area contributed by atoms with Crippen LogP contribution in [0.4, 0.5) is 0 Å². The molecule has 0 atom stereocenters. The zero-order chi connectivity index (χ0) is 15.8. The molecule has 23 heavy (non-hydrogen) atoms. The van der Waals surface area contributed by atoms with Crippen LogP contribution in [0.25, 0.3) is 16.6 Å². The van der Waals surface area contributed by atoms with Crippen LogP contribution in [0.1, 0.15) is 5.69 Å². The van der Waals surface area contributed by atoms with Gasteiger partial charge in [0.2, 0.25) is 0 Å². The average molecular weight is 405 g/mol. The van der Waals surface area contributed by atoms with Gasteiger partial charge in [-0.15, -0.1) is 11.8 Å². The molecule has 0 aliphatic carbocycles. The van der Waals surface area contributed by atoms with Gasteiger partial charge in [-0.1, -0.05) is 29.8 Å². The summed E-state index contributed by atoms with van der Waals surface area (Å²) >= 11 is 11.4. The van der Waals surface area contributed by atoms with Gasteiger partial charge in [-0.2, -0.15) is 0 Å². The Kier molecular flexibility index (Phi) is 4.01. The number of para-hydroxylation sites is 1. The number of nitrogens with zero attached hydrogens (tertiary/aromatic N) is 3. The van der Waals surface area contributed by atoms with Crippen LogP contribution in [0.3, 0.4) is 0 Å². The monoisotopic (exact) mass is 403 g/mol. The van der Waals surface area contributed by atoms with Gasteiger partial charge in [0.25, 0.3) is 0 Å². The fraction of sp³-hybridized carbons (Fsp3) is 0.0588. The minimum atomic E-state index is 0.688. The van der Waals surface area contributed by atoms with E-state index >= 15 is 0 Å². The Morgan fingerprint density at radius 3 is 2.91 bits per heavy atom. The Bertz CT molecular complexity index is 1010. The van der Waals surface area contributed by atoms with E-state index in [9.17, 15) is 0 Å². The Morgan fingerprint density at radius 1 is 1.13 bits per heavy atom. The average Bonchev–Trinajstić information content (AvgIpc) is 2.89. The predicted octanol–water partition coefficient (Wildman–Crippen LogP) is 5.59. The van der Waals surface area contributed by atoms with Crippen LogP contribution < -0.4 is 0 Å². The van der Waals surface area contributed by atoms with Crippen LogP contribution in [-0.4, -0.2) is 14.4 Å². The van der Waals surface area contributed by atoms with E-state index in [1.807, 2.05) is 35.0 Å². The number of pyridine rings is 2. The van der Waals surface area contributed by atoms with Crippen molar-refractivity contribution in [1.29, 1.82) is 0 Å². The smallest absolute Gasteiger partial charge is 0.138 e. The Balaban J connectivity index is 1.67. The number of fused-ring (bicyclic) bond motifs is 2. The number of rotatable bonds is 3. The second-order valence-electron chi connectivity index (χ2n) is 5.04. The van der Waals surface area contributed by atoms with Crippen molar-refractivity contribution in [3.8, 4) is 0 Å². The van der Waals surface area contributed by atoms with Crippen molar-refractivity contribution in [2.24, 2.45) is 0 Å². The molecule has 0 saturated heterocycles. The quantitative estimate of drug-likeness (QED) is 0.417. The van der Waals surface area contributed by atoms with Gasteiger partial charge in [0.1, 0.15) is 10.3 Å². The molecule has 0 aliphatic rings. The first-order chi connectivity index (χ1) is 11.2. The fourth-order valence-corrected chi connectivity index (χ4v) is 4.30. The molecule has 0 spiro atoms. The standard InChI is InChI=1S/C17H11BrClN3S/c18-17-13(21-15-7-6-12(19)9-22(15)17)10-23-14-5-1-3-11-4-2-8-20-16(11)14/h1-9H,10H2. The van der Waals surface area contributed by atoms with Crippen molar-refractivity contribution in [3.63, 3.8) is 0 Å². The summed E-state index contributed by atoms with van der Waals surface area (Å²) in [7, 11) is 0. The number of aromatic nitrogens is 3. The van der Waals surface area contributed by atoms with Crippen LogP contribution in [0.2, 0.25) is 5.02 Å². The van der Waals surface area contributed by atoms with E-state index < -0.39 is 0 Å². The topological polar surface area (TPSA) is 30.2 Å². The first kappa shape index (κ1) is 15.0. The summed E-state index contributed by atoms with van der Waals surface area (Å²) in [4.78, 5) is 10.3. The summed E-state index contributed by atoms with van der Waals surface area (Å²) < 4.78 is 2.90. The molecule has 0 bridgehead atoms. The highest BCUT2D eigenvalue weighted by molar-refractivity contribution is 9.10. The van der Waals surface area contributed by atoms with Gasteiger partial charge in [0.05, 0.1) is 16.2 Å². The molecular formula is C17H11BrClN3S. The second kappa shape index (κ2) is 6.15. The highest BCUT2D eigenvalue weighted by atomic mass is 79.9. The molecule has 4 rings (SSSR count). The van der Waals surface area contributed by atoms with Crippen molar-refractivity contribution in [2.75, 3.05) is 0 Å². The molecule has 3 heterocycles. The van der Waals surface area contributed by atoms with E-state index in [-0.39, 0.29) is 0 Å². The lowest BCUT2D eigenvalue weighted by molar-refractivity contribution is 1.14. The van der Waals surface area contributed by atoms with Gasteiger partial charge in [-0.25, -0.2) is 4.98 Å². The normalized spacial score (nSPS) is 11.4. The summed E-state index contributed by atoms with van der Waals surface area (Å²) in [5.41, 5.74) is 2.90. The zero-order valence-corrected chi connectivity index (χ0v) is 15.1. The lowest BCUT2D eigenvalue weighted by atomic mass is 10.2. The lowest BCUT2D eigenvalue weighted by Gasteiger charge is -2.04. The van der Waals surface area contributed by atoms with Crippen molar-refractivity contribution in [2.45, 2.75) is 10.6 Å². The summed E-state index contributed by atoms with van der Waals surface area (Å²) in [6.07, 6.45) is 3.69. The van der Waals surface area contributed by atoms with Crippen molar-refractivity contribution in [1.82, 2.24) is 14.4 Å². The summed E-state index contributed by atoms with van der Waals surface area (Å²) in [5, 5.41) is 1.84. The van der Waals surface area contributed by atoms with E-state index in [0.29, 0.717) is 5.02 Å². The van der Waals surface area contributed by atoms with E-state index in [0.717, 1.165) is 37.5 Å². The van der Waals surface area contributed by atoms with E-state index in [2.05, 4.69) is 50.2 Å². The van der Waals surface area contributed by atoms with E-state index in [4.69, 9.17) is 11.6 Å². The molecule has 114 valence electrons. The number of thioether (sulfide) groups is 1. The maximum absolute atomic E-state index is 6.06. The molecule has 0 fully saturated rings. The predicted molar refractivity (Wildman–Crippen MR) is 99.2 cm³/mol. The minimum absolute atomic E-state index is 0.688. The molecule has 6 heteroatoms.